The summed E-state index contributed by atoms with van der Waals surface area (Å²) in [6.45, 7) is 1.99. The molecular formula is C7H10O2. The molecule has 2 heteroatoms. The molecule has 0 aliphatic heterocycles. The molecule has 0 aromatic carbocycles. The molecule has 1 N–H and O–H groups in total. The first-order valence-corrected chi connectivity index (χ1v) is 2.83. The van der Waals surface area contributed by atoms with Crippen LogP contribution in [0.4, 0.5) is 0 Å². The zero-order valence-corrected chi connectivity index (χ0v) is 5.37. The molecule has 0 aromatic rings. The van der Waals surface area contributed by atoms with Crippen molar-refractivity contribution in [3.63, 3.8) is 0 Å². The number of carboxylic acids is 1. The van der Waals surface area contributed by atoms with E-state index in [2.05, 4.69) is 0 Å². The van der Waals surface area contributed by atoms with Crippen LogP contribution in [-0.2, 0) is 4.79 Å². The third-order valence-electron chi connectivity index (χ3n) is 0.722. The Hall–Kier alpha value is -1.05. The van der Waals surface area contributed by atoms with Gasteiger partial charge in [-0.05, 0) is 6.42 Å². The van der Waals surface area contributed by atoms with Crippen molar-refractivity contribution < 1.29 is 9.90 Å². The standard InChI is InChI=1S/C7H10O2/c1-2-3-4-5-6-7(8)9/h3-6H,2H2,1H3,(H,8,9)/b4-3+,6-5-. The van der Waals surface area contributed by atoms with Crippen LogP contribution >= 0.6 is 0 Å². The lowest BCUT2D eigenvalue weighted by Crippen LogP contribution is -1.84. The summed E-state index contributed by atoms with van der Waals surface area (Å²) in [6, 6.07) is 0. The first-order chi connectivity index (χ1) is 4.27. The van der Waals surface area contributed by atoms with Gasteiger partial charge in [-0.25, -0.2) is 4.79 Å². The van der Waals surface area contributed by atoms with E-state index in [4.69, 9.17) is 5.11 Å². The van der Waals surface area contributed by atoms with Crippen molar-refractivity contribution in [2.75, 3.05) is 0 Å². The van der Waals surface area contributed by atoms with Crippen molar-refractivity contribution in [2.45, 2.75) is 13.3 Å². The second-order valence-electron chi connectivity index (χ2n) is 1.53. The zero-order chi connectivity index (χ0) is 7.11. The molecule has 0 bridgehead atoms. The zero-order valence-electron chi connectivity index (χ0n) is 5.37. The van der Waals surface area contributed by atoms with Crippen LogP contribution in [0.5, 0.6) is 0 Å². The SMILES string of the molecule is CC/C=C/C=C\C(=O)O. The Morgan fingerprint density at radius 3 is 2.67 bits per heavy atom. The molecule has 0 radical (unpaired) electrons. The molecule has 0 aliphatic rings. The predicted molar refractivity (Wildman–Crippen MR) is 36.2 cm³/mol. The summed E-state index contributed by atoms with van der Waals surface area (Å²) in [6.07, 6.45) is 7.15. The van der Waals surface area contributed by atoms with Gasteiger partial charge in [0.15, 0.2) is 0 Å². The molecule has 0 heterocycles. The molecular weight excluding hydrogens is 116 g/mol. The number of carboxylic acid groups (broad SMARTS) is 1. The van der Waals surface area contributed by atoms with Gasteiger partial charge < -0.3 is 5.11 Å². The molecule has 0 rings (SSSR count). The number of hydrogen-bond donors (Lipinski definition) is 1. The van der Waals surface area contributed by atoms with Gasteiger partial charge in [0.25, 0.3) is 0 Å². The van der Waals surface area contributed by atoms with E-state index >= 15 is 0 Å². The number of rotatable bonds is 3. The lowest BCUT2D eigenvalue weighted by molar-refractivity contribution is -0.131. The highest BCUT2D eigenvalue weighted by Gasteiger charge is 1.78. The highest BCUT2D eigenvalue weighted by molar-refractivity contribution is 5.80. The van der Waals surface area contributed by atoms with E-state index < -0.39 is 5.97 Å². The molecule has 0 aliphatic carbocycles. The van der Waals surface area contributed by atoms with Crippen LogP contribution in [0.1, 0.15) is 13.3 Å². The second-order valence-corrected chi connectivity index (χ2v) is 1.53. The van der Waals surface area contributed by atoms with Gasteiger partial charge >= 0.3 is 5.97 Å². The Morgan fingerprint density at radius 1 is 1.56 bits per heavy atom. The lowest BCUT2D eigenvalue weighted by Gasteiger charge is -1.74. The quantitative estimate of drug-likeness (QED) is 0.460. The minimum Gasteiger partial charge on any atom is -0.478 e. The van der Waals surface area contributed by atoms with Crippen LogP contribution in [0, 0.1) is 0 Å². The predicted octanol–water partition coefficient (Wildman–Crippen LogP) is 1.59. The maximum absolute atomic E-state index is 9.84. The molecule has 0 aromatic heterocycles. The normalized spacial score (nSPS) is 11.2. The van der Waals surface area contributed by atoms with Crippen LogP contribution in [0.3, 0.4) is 0 Å². The highest BCUT2D eigenvalue weighted by Crippen LogP contribution is 1.80. The van der Waals surface area contributed by atoms with Crippen LogP contribution in [0.15, 0.2) is 24.3 Å². The minimum atomic E-state index is -0.907. The summed E-state index contributed by atoms with van der Waals surface area (Å²) in [7, 11) is 0. The van der Waals surface area contributed by atoms with Crippen molar-refractivity contribution in [3.8, 4) is 0 Å². The smallest absolute Gasteiger partial charge is 0.328 e. The third-order valence-corrected chi connectivity index (χ3v) is 0.722. The fraction of sp³-hybridized carbons (Fsp3) is 0.286. The summed E-state index contributed by atoms with van der Waals surface area (Å²) in [5.74, 6) is -0.907. The monoisotopic (exact) mass is 126 g/mol. The van der Waals surface area contributed by atoms with Crippen LogP contribution in [-0.4, -0.2) is 11.1 Å². The summed E-state index contributed by atoms with van der Waals surface area (Å²) in [4.78, 5) is 9.84. The van der Waals surface area contributed by atoms with Gasteiger partial charge in [0, 0.05) is 6.08 Å². The molecule has 50 valence electrons. The van der Waals surface area contributed by atoms with Gasteiger partial charge in [-0.1, -0.05) is 25.2 Å². The van der Waals surface area contributed by atoms with E-state index in [0.29, 0.717) is 0 Å². The number of hydrogen-bond acceptors (Lipinski definition) is 1. The maximum Gasteiger partial charge on any atom is 0.328 e. The minimum absolute atomic E-state index is 0.907. The van der Waals surface area contributed by atoms with E-state index in [0.717, 1.165) is 12.5 Å². The largest absolute Gasteiger partial charge is 0.478 e. The molecule has 9 heavy (non-hydrogen) atoms. The molecule has 2 nitrogen and oxygen atoms in total. The Balaban J connectivity index is 3.47. The molecule has 0 spiro atoms. The van der Waals surface area contributed by atoms with Gasteiger partial charge in [-0.15, -0.1) is 0 Å². The van der Waals surface area contributed by atoms with E-state index in [9.17, 15) is 4.79 Å². The Labute approximate surface area is 54.5 Å². The first kappa shape index (κ1) is 7.95. The van der Waals surface area contributed by atoms with E-state index in [1.165, 1.54) is 6.08 Å². The van der Waals surface area contributed by atoms with Crippen LogP contribution in [0.25, 0.3) is 0 Å². The third kappa shape index (κ3) is 6.95. The lowest BCUT2D eigenvalue weighted by atomic mass is 10.4. The fourth-order valence-corrected chi connectivity index (χ4v) is 0.353. The average molecular weight is 126 g/mol. The molecule has 0 unspecified atom stereocenters. The molecule has 0 atom stereocenters. The molecule has 0 fully saturated rings. The molecule has 0 saturated heterocycles. The maximum atomic E-state index is 9.84. The highest BCUT2D eigenvalue weighted by atomic mass is 16.4. The van der Waals surface area contributed by atoms with Gasteiger partial charge in [0.2, 0.25) is 0 Å². The number of allylic oxidation sites excluding steroid dienone is 3. The van der Waals surface area contributed by atoms with E-state index in [1.807, 2.05) is 13.0 Å². The Bertz CT molecular complexity index is 134. The second kappa shape index (κ2) is 5.09. The molecule has 0 amide bonds. The summed E-state index contributed by atoms with van der Waals surface area (Å²) < 4.78 is 0. The fourth-order valence-electron chi connectivity index (χ4n) is 0.353. The van der Waals surface area contributed by atoms with Gasteiger partial charge in [-0.3, -0.25) is 0 Å². The van der Waals surface area contributed by atoms with E-state index in [1.54, 1.807) is 6.08 Å². The van der Waals surface area contributed by atoms with Gasteiger partial charge in [0.05, 0.1) is 0 Å². The number of carbonyl (C=O) groups is 1. The van der Waals surface area contributed by atoms with Crippen molar-refractivity contribution >= 4 is 5.97 Å². The van der Waals surface area contributed by atoms with Gasteiger partial charge in [0.1, 0.15) is 0 Å². The topological polar surface area (TPSA) is 37.3 Å². The summed E-state index contributed by atoms with van der Waals surface area (Å²) >= 11 is 0. The van der Waals surface area contributed by atoms with Crippen molar-refractivity contribution in [1.82, 2.24) is 0 Å². The summed E-state index contributed by atoms with van der Waals surface area (Å²) in [5, 5.41) is 8.09. The molecule has 0 saturated carbocycles. The summed E-state index contributed by atoms with van der Waals surface area (Å²) in [5.41, 5.74) is 0. The van der Waals surface area contributed by atoms with Crippen LogP contribution in [0.2, 0.25) is 0 Å². The van der Waals surface area contributed by atoms with Crippen LogP contribution < -0.4 is 0 Å². The Morgan fingerprint density at radius 2 is 2.22 bits per heavy atom. The van der Waals surface area contributed by atoms with Crippen molar-refractivity contribution in [2.24, 2.45) is 0 Å². The Kier molecular flexibility index (Phi) is 4.50. The van der Waals surface area contributed by atoms with Crippen molar-refractivity contribution in [3.05, 3.63) is 24.3 Å². The number of aliphatic carboxylic acids is 1. The first-order valence-electron chi connectivity index (χ1n) is 2.83. The van der Waals surface area contributed by atoms with Crippen molar-refractivity contribution in [1.29, 1.82) is 0 Å². The average Bonchev–Trinajstić information content (AvgIpc) is 1.80. The van der Waals surface area contributed by atoms with E-state index in [-0.39, 0.29) is 0 Å². The van der Waals surface area contributed by atoms with Gasteiger partial charge in [-0.2, -0.15) is 0 Å².